The van der Waals surface area contributed by atoms with Crippen LogP contribution in [-0.4, -0.2) is 29.0 Å². The summed E-state index contributed by atoms with van der Waals surface area (Å²) in [6.07, 6.45) is 2.00. The van der Waals surface area contributed by atoms with Crippen LogP contribution in [0.5, 0.6) is 5.75 Å². The van der Waals surface area contributed by atoms with E-state index in [0.717, 1.165) is 43.3 Å². The number of hydrogen-bond donors (Lipinski definition) is 1. The van der Waals surface area contributed by atoms with Crippen LogP contribution < -0.4 is 10.1 Å². The number of thioether (sulfide) groups is 1. The van der Waals surface area contributed by atoms with E-state index in [2.05, 4.69) is 21.5 Å². The summed E-state index contributed by atoms with van der Waals surface area (Å²) in [4.78, 5) is 5.76. The number of rotatable bonds is 2. The summed E-state index contributed by atoms with van der Waals surface area (Å²) in [6, 6.07) is 8.08. The second kappa shape index (κ2) is 5.69. The first-order valence-corrected chi connectivity index (χ1v) is 8.31. The molecule has 0 amide bonds. The molecule has 0 bridgehead atoms. The summed E-state index contributed by atoms with van der Waals surface area (Å²) in [7, 11) is 0. The zero-order valence-electron chi connectivity index (χ0n) is 11.6. The molecule has 2 aliphatic heterocycles. The first-order chi connectivity index (χ1) is 10.4. The van der Waals surface area contributed by atoms with E-state index in [9.17, 15) is 0 Å². The van der Waals surface area contributed by atoms with Crippen molar-refractivity contribution >= 4 is 11.8 Å². The Morgan fingerprint density at radius 2 is 2.05 bits per heavy atom. The van der Waals surface area contributed by atoms with E-state index in [4.69, 9.17) is 9.26 Å². The number of nitrogens with zero attached hydrogens (tertiary/aromatic N) is 2. The number of fused-ring (bicyclic) bond motifs is 1. The van der Waals surface area contributed by atoms with E-state index in [1.54, 1.807) is 11.8 Å². The number of benzene rings is 1. The van der Waals surface area contributed by atoms with Gasteiger partial charge in [-0.15, -0.1) is 11.8 Å². The van der Waals surface area contributed by atoms with Crippen molar-refractivity contribution in [2.45, 2.75) is 29.8 Å². The van der Waals surface area contributed by atoms with Crippen LogP contribution in [-0.2, 0) is 0 Å². The Balaban J connectivity index is 1.51. The van der Waals surface area contributed by atoms with Crippen LogP contribution in [0.1, 0.15) is 36.6 Å². The highest BCUT2D eigenvalue weighted by Crippen LogP contribution is 2.39. The summed E-state index contributed by atoms with van der Waals surface area (Å²) < 4.78 is 11.5. The molecule has 4 rings (SSSR count). The topological polar surface area (TPSA) is 60.2 Å². The molecule has 1 fully saturated rings. The van der Waals surface area contributed by atoms with E-state index in [-0.39, 0.29) is 6.10 Å². The SMILES string of the molecule is c1ccc2c(c1)OC(c1noc(C3CCNCC3)n1)CS2. The van der Waals surface area contributed by atoms with Crippen molar-refractivity contribution in [1.29, 1.82) is 0 Å². The fourth-order valence-corrected chi connectivity index (χ4v) is 3.74. The third-order valence-corrected chi connectivity index (χ3v) is 5.06. The van der Waals surface area contributed by atoms with Gasteiger partial charge in [0.05, 0.1) is 0 Å². The van der Waals surface area contributed by atoms with Crippen LogP contribution >= 0.6 is 11.8 Å². The quantitative estimate of drug-likeness (QED) is 0.920. The van der Waals surface area contributed by atoms with Crippen LogP contribution in [0.4, 0.5) is 0 Å². The second-order valence-corrected chi connectivity index (χ2v) is 6.44. The summed E-state index contributed by atoms with van der Waals surface area (Å²) in [5, 5.41) is 7.49. The van der Waals surface area contributed by atoms with Crippen LogP contribution in [0.25, 0.3) is 0 Å². The number of hydrogen-bond acceptors (Lipinski definition) is 6. The van der Waals surface area contributed by atoms with Crippen molar-refractivity contribution in [1.82, 2.24) is 15.5 Å². The maximum Gasteiger partial charge on any atom is 0.229 e. The second-order valence-electron chi connectivity index (χ2n) is 5.38. The molecule has 2 aliphatic rings. The lowest BCUT2D eigenvalue weighted by molar-refractivity contribution is 0.204. The number of piperidine rings is 1. The molecule has 1 N–H and O–H groups in total. The van der Waals surface area contributed by atoms with Crippen molar-refractivity contribution in [3.8, 4) is 5.75 Å². The van der Waals surface area contributed by atoms with Gasteiger partial charge < -0.3 is 14.6 Å². The lowest BCUT2D eigenvalue weighted by Crippen LogP contribution is -2.26. The fourth-order valence-electron chi connectivity index (χ4n) is 2.76. The molecule has 1 aromatic carbocycles. The fraction of sp³-hybridized carbons (Fsp3) is 0.467. The minimum Gasteiger partial charge on any atom is -0.480 e. The standard InChI is InChI=1S/C15H17N3O2S/c1-2-4-13-11(3-1)19-12(9-21-13)14-17-15(20-18-14)10-5-7-16-8-6-10/h1-4,10,12,16H,5-9H2. The molecule has 0 aliphatic carbocycles. The van der Waals surface area contributed by atoms with Gasteiger partial charge in [-0.2, -0.15) is 4.98 Å². The Bertz CT molecular complexity index is 625. The third-order valence-electron chi connectivity index (χ3n) is 3.94. The molecule has 1 aromatic heterocycles. The summed E-state index contributed by atoms with van der Waals surface area (Å²) >= 11 is 1.78. The molecular weight excluding hydrogens is 286 g/mol. The Morgan fingerprint density at radius 3 is 2.95 bits per heavy atom. The number of aromatic nitrogens is 2. The zero-order chi connectivity index (χ0) is 14.1. The highest BCUT2D eigenvalue weighted by Gasteiger charge is 2.28. The Labute approximate surface area is 127 Å². The largest absolute Gasteiger partial charge is 0.480 e. The molecule has 1 saturated heterocycles. The molecule has 110 valence electrons. The van der Waals surface area contributed by atoms with E-state index in [0.29, 0.717) is 11.7 Å². The molecule has 0 radical (unpaired) electrons. The van der Waals surface area contributed by atoms with Crippen molar-refractivity contribution < 1.29 is 9.26 Å². The van der Waals surface area contributed by atoms with E-state index in [1.165, 1.54) is 4.90 Å². The molecular formula is C15H17N3O2S. The van der Waals surface area contributed by atoms with Gasteiger partial charge in [-0.1, -0.05) is 17.3 Å². The predicted octanol–water partition coefficient (Wildman–Crippen LogP) is 2.76. The molecule has 0 saturated carbocycles. The molecule has 6 heteroatoms. The highest BCUT2D eigenvalue weighted by atomic mass is 32.2. The maximum absolute atomic E-state index is 6.00. The van der Waals surface area contributed by atoms with Crippen molar-refractivity contribution in [3.63, 3.8) is 0 Å². The van der Waals surface area contributed by atoms with E-state index in [1.807, 2.05) is 18.2 Å². The van der Waals surface area contributed by atoms with Crippen LogP contribution in [0, 0.1) is 0 Å². The lowest BCUT2D eigenvalue weighted by atomic mass is 9.98. The van der Waals surface area contributed by atoms with Crippen molar-refractivity contribution in [2.24, 2.45) is 0 Å². The molecule has 2 aromatic rings. The van der Waals surface area contributed by atoms with Gasteiger partial charge in [0.25, 0.3) is 0 Å². The molecule has 1 atom stereocenters. The number of ether oxygens (including phenoxy) is 1. The maximum atomic E-state index is 6.00. The Hall–Kier alpha value is -1.53. The smallest absolute Gasteiger partial charge is 0.229 e. The van der Waals surface area contributed by atoms with Gasteiger partial charge >= 0.3 is 0 Å². The normalized spacial score (nSPS) is 22.6. The van der Waals surface area contributed by atoms with E-state index < -0.39 is 0 Å². The monoisotopic (exact) mass is 303 g/mol. The van der Waals surface area contributed by atoms with Crippen LogP contribution in [0.15, 0.2) is 33.7 Å². The van der Waals surface area contributed by atoms with Crippen molar-refractivity contribution in [2.75, 3.05) is 18.8 Å². The predicted molar refractivity (Wildman–Crippen MR) is 79.7 cm³/mol. The molecule has 21 heavy (non-hydrogen) atoms. The Morgan fingerprint density at radius 1 is 1.19 bits per heavy atom. The van der Waals surface area contributed by atoms with E-state index >= 15 is 0 Å². The van der Waals surface area contributed by atoms with Gasteiger partial charge in [-0.25, -0.2) is 0 Å². The molecule has 3 heterocycles. The molecule has 0 spiro atoms. The first kappa shape index (κ1) is 13.2. The first-order valence-electron chi connectivity index (χ1n) is 7.33. The van der Waals surface area contributed by atoms with Crippen LogP contribution in [0.3, 0.4) is 0 Å². The minimum absolute atomic E-state index is 0.121. The van der Waals surface area contributed by atoms with Gasteiger partial charge in [-0.05, 0) is 38.1 Å². The van der Waals surface area contributed by atoms with Gasteiger partial charge in [0.1, 0.15) is 5.75 Å². The summed E-state index contributed by atoms with van der Waals surface area (Å²) in [5.41, 5.74) is 0. The van der Waals surface area contributed by atoms with Crippen LogP contribution in [0.2, 0.25) is 0 Å². The minimum atomic E-state index is -0.121. The zero-order valence-corrected chi connectivity index (χ0v) is 12.4. The molecule has 5 nitrogen and oxygen atoms in total. The number of para-hydroxylation sites is 1. The molecule has 1 unspecified atom stereocenters. The lowest BCUT2D eigenvalue weighted by Gasteiger charge is -2.23. The summed E-state index contributed by atoms with van der Waals surface area (Å²) in [5.74, 6) is 3.55. The third kappa shape index (κ3) is 2.65. The van der Waals surface area contributed by atoms with Gasteiger partial charge in [0.2, 0.25) is 11.7 Å². The highest BCUT2D eigenvalue weighted by molar-refractivity contribution is 7.99. The Kier molecular flexibility index (Phi) is 3.57. The van der Waals surface area contributed by atoms with Gasteiger partial charge in [-0.3, -0.25) is 0 Å². The summed E-state index contributed by atoms with van der Waals surface area (Å²) in [6.45, 7) is 2.04. The van der Waals surface area contributed by atoms with Crippen molar-refractivity contribution in [3.05, 3.63) is 36.0 Å². The van der Waals surface area contributed by atoms with Gasteiger partial charge in [0, 0.05) is 16.6 Å². The van der Waals surface area contributed by atoms with Gasteiger partial charge in [0.15, 0.2) is 6.10 Å². The average molecular weight is 303 g/mol. The number of nitrogens with one attached hydrogen (secondary N) is 1. The average Bonchev–Trinajstić information content (AvgIpc) is 3.05.